The van der Waals surface area contributed by atoms with Crippen molar-refractivity contribution < 1.29 is 9.21 Å². The molecule has 0 aliphatic carbocycles. The van der Waals surface area contributed by atoms with Gasteiger partial charge in [0.05, 0.1) is 6.42 Å². The van der Waals surface area contributed by atoms with Crippen molar-refractivity contribution in [2.24, 2.45) is 5.73 Å². The first kappa shape index (κ1) is 15.4. The Balaban J connectivity index is 0.00000128. The fourth-order valence-electron chi connectivity index (χ4n) is 1.18. The van der Waals surface area contributed by atoms with Crippen molar-refractivity contribution in [1.82, 2.24) is 9.97 Å². The van der Waals surface area contributed by atoms with Gasteiger partial charge in [-0.3, -0.25) is 9.78 Å². The molecule has 7 heteroatoms. The SMILES string of the molecule is Cl.Cl.NC(=O)c1coc(Cc2cccnc2)n1. The number of carbonyl (C=O) groups excluding carboxylic acids is 1. The summed E-state index contributed by atoms with van der Waals surface area (Å²) in [5.41, 5.74) is 6.16. The molecule has 0 bridgehead atoms. The second kappa shape index (κ2) is 6.88. The van der Waals surface area contributed by atoms with Gasteiger partial charge in [0.2, 0.25) is 0 Å². The Labute approximate surface area is 110 Å². The lowest BCUT2D eigenvalue weighted by Crippen LogP contribution is -2.11. The number of primary amides is 1. The highest BCUT2D eigenvalue weighted by Crippen LogP contribution is 2.07. The average Bonchev–Trinajstić information content (AvgIpc) is 2.68. The molecule has 1 amide bonds. The minimum atomic E-state index is -0.587. The zero-order valence-corrected chi connectivity index (χ0v) is 10.3. The monoisotopic (exact) mass is 275 g/mol. The molecule has 92 valence electrons. The maximum Gasteiger partial charge on any atom is 0.270 e. The summed E-state index contributed by atoms with van der Waals surface area (Å²) in [6, 6.07) is 3.73. The Morgan fingerprint density at radius 2 is 2.18 bits per heavy atom. The van der Waals surface area contributed by atoms with Crippen molar-refractivity contribution in [3.05, 3.63) is 47.9 Å². The van der Waals surface area contributed by atoms with E-state index < -0.39 is 5.91 Å². The van der Waals surface area contributed by atoms with E-state index in [1.807, 2.05) is 12.1 Å². The summed E-state index contributed by atoms with van der Waals surface area (Å²) < 4.78 is 5.09. The standard InChI is InChI=1S/C10H9N3O2.2ClH/c11-10(14)8-6-15-9(13-8)4-7-2-1-3-12-5-7;;/h1-3,5-6H,4H2,(H2,11,14);2*1H. The van der Waals surface area contributed by atoms with Crippen LogP contribution in [0.4, 0.5) is 0 Å². The van der Waals surface area contributed by atoms with E-state index >= 15 is 0 Å². The molecule has 0 aliphatic heterocycles. The number of aromatic nitrogens is 2. The summed E-state index contributed by atoms with van der Waals surface area (Å²) in [4.78, 5) is 18.7. The number of nitrogens with two attached hydrogens (primary N) is 1. The van der Waals surface area contributed by atoms with Crippen LogP contribution in [0.15, 0.2) is 35.2 Å². The van der Waals surface area contributed by atoms with Crippen molar-refractivity contribution >= 4 is 30.7 Å². The summed E-state index contributed by atoms with van der Waals surface area (Å²) in [7, 11) is 0. The molecule has 0 radical (unpaired) electrons. The lowest BCUT2D eigenvalue weighted by Gasteiger charge is -1.94. The van der Waals surface area contributed by atoms with Crippen LogP contribution in [0.3, 0.4) is 0 Å². The van der Waals surface area contributed by atoms with Gasteiger partial charge >= 0.3 is 0 Å². The number of rotatable bonds is 3. The molecular weight excluding hydrogens is 265 g/mol. The third kappa shape index (κ3) is 4.05. The van der Waals surface area contributed by atoms with Gasteiger partial charge in [-0.05, 0) is 11.6 Å². The van der Waals surface area contributed by atoms with Gasteiger partial charge < -0.3 is 10.2 Å². The van der Waals surface area contributed by atoms with Gasteiger partial charge in [0.25, 0.3) is 5.91 Å². The second-order valence-corrected chi connectivity index (χ2v) is 3.03. The largest absolute Gasteiger partial charge is 0.448 e. The lowest BCUT2D eigenvalue weighted by molar-refractivity contribution is 0.0995. The molecule has 0 spiro atoms. The fourth-order valence-corrected chi connectivity index (χ4v) is 1.18. The van der Waals surface area contributed by atoms with Crippen LogP contribution < -0.4 is 5.73 Å². The van der Waals surface area contributed by atoms with Crippen LogP contribution >= 0.6 is 24.8 Å². The Kier molecular flexibility index (Phi) is 6.23. The van der Waals surface area contributed by atoms with Crippen molar-refractivity contribution in [1.29, 1.82) is 0 Å². The molecule has 0 fully saturated rings. The molecule has 2 heterocycles. The Hall–Kier alpha value is -1.59. The summed E-state index contributed by atoms with van der Waals surface area (Å²) in [6.07, 6.45) is 5.16. The predicted molar refractivity (Wildman–Crippen MR) is 66.6 cm³/mol. The number of nitrogens with zero attached hydrogens (tertiary/aromatic N) is 2. The predicted octanol–water partition coefficient (Wildman–Crippen LogP) is 1.60. The average molecular weight is 276 g/mol. The van der Waals surface area contributed by atoms with Gasteiger partial charge in [0.15, 0.2) is 11.6 Å². The van der Waals surface area contributed by atoms with E-state index in [0.717, 1.165) is 5.56 Å². The third-order valence-corrected chi connectivity index (χ3v) is 1.88. The molecule has 0 unspecified atom stereocenters. The van der Waals surface area contributed by atoms with E-state index in [1.165, 1.54) is 6.26 Å². The Morgan fingerprint density at radius 3 is 2.71 bits per heavy atom. The van der Waals surface area contributed by atoms with Crippen LogP contribution in [-0.4, -0.2) is 15.9 Å². The molecule has 2 rings (SSSR count). The molecule has 0 atom stereocenters. The fraction of sp³-hybridized carbons (Fsp3) is 0.100. The zero-order valence-electron chi connectivity index (χ0n) is 8.70. The van der Waals surface area contributed by atoms with Gasteiger partial charge in [-0.25, -0.2) is 4.98 Å². The third-order valence-electron chi connectivity index (χ3n) is 1.88. The highest BCUT2D eigenvalue weighted by atomic mass is 35.5. The number of hydrogen-bond acceptors (Lipinski definition) is 4. The minimum Gasteiger partial charge on any atom is -0.448 e. The topological polar surface area (TPSA) is 82.0 Å². The molecule has 2 aromatic rings. The molecule has 2 aromatic heterocycles. The summed E-state index contributed by atoms with van der Waals surface area (Å²) in [6.45, 7) is 0. The maximum absolute atomic E-state index is 10.8. The molecule has 0 aromatic carbocycles. The van der Waals surface area contributed by atoms with E-state index in [1.54, 1.807) is 12.4 Å². The number of hydrogen-bond donors (Lipinski definition) is 1. The van der Waals surface area contributed by atoms with E-state index in [-0.39, 0.29) is 30.5 Å². The quantitative estimate of drug-likeness (QED) is 0.923. The molecule has 0 saturated carbocycles. The highest BCUT2D eigenvalue weighted by Gasteiger charge is 2.08. The maximum atomic E-state index is 10.8. The first-order valence-corrected chi connectivity index (χ1v) is 4.39. The van der Waals surface area contributed by atoms with E-state index in [9.17, 15) is 4.79 Å². The molecule has 17 heavy (non-hydrogen) atoms. The molecular formula is C10H11Cl2N3O2. The van der Waals surface area contributed by atoms with Gasteiger partial charge in [0, 0.05) is 12.4 Å². The lowest BCUT2D eigenvalue weighted by atomic mass is 10.2. The Morgan fingerprint density at radius 1 is 1.41 bits per heavy atom. The summed E-state index contributed by atoms with van der Waals surface area (Å²) in [5, 5.41) is 0. The van der Waals surface area contributed by atoms with Gasteiger partial charge in [-0.2, -0.15) is 0 Å². The van der Waals surface area contributed by atoms with E-state index in [0.29, 0.717) is 12.3 Å². The molecule has 5 nitrogen and oxygen atoms in total. The summed E-state index contributed by atoms with van der Waals surface area (Å²) in [5.74, 6) is -0.131. The van der Waals surface area contributed by atoms with Crippen LogP contribution in [0.25, 0.3) is 0 Å². The van der Waals surface area contributed by atoms with Gasteiger partial charge in [-0.1, -0.05) is 6.07 Å². The number of carbonyl (C=O) groups is 1. The molecule has 2 N–H and O–H groups in total. The highest BCUT2D eigenvalue weighted by molar-refractivity contribution is 5.90. The number of oxazole rings is 1. The smallest absolute Gasteiger partial charge is 0.270 e. The van der Waals surface area contributed by atoms with Crippen LogP contribution in [0, 0.1) is 0 Å². The van der Waals surface area contributed by atoms with Gasteiger partial charge in [0.1, 0.15) is 6.26 Å². The number of halogens is 2. The zero-order chi connectivity index (χ0) is 10.7. The van der Waals surface area contributed by atoms with E-state index in [2.05, 4.69) is 9.97 Å². The van der Waals surface area contributed by atoms with Crippen molar-refractivity contribution in [3.8, 4) is 0 Å². The van der Waals surface area contributed by atoms with Crippen LogP contribution in [0.2, 0.25) is 0 Å². The molecule has 0 aliphatic rings. The second-order valence-electron chi connectivity index (χ2n) is 3.03. The normalized spacial score (nSPS) is 8.94. The van der Waals surface area contributed by atoms with Crippen LogP contribution in [-0.2, 0) is 6.42 Å². The van der Waals surface area contributed by atoms with Crippen LogP contribution in [0.5, 0.6) is 0 Å². The molecule has 0 saturated heterocycles. The van der Waals surface area contributed by atoms with Crippen LogP contribution in [0.1, 0.15) is 21.9 Å². The Bertz CT molecular complexity index is 473. The number of pyridine rings is 1. The van der Waals surface area contributed by atoms with Crippen molar-refractivity contribution in [2.75, 3.05) is 0 Å². The first-order chi connectivity index (χ1) is 7.25. The minimum absolute atomic E-state index is 0. The van der Waals surface area contributed by atoms with E-state index in [4.69, 9.17) is 10.2 Å². The van der Waals surface area contributed by atoms with Gasteiger partial charge in [-0.15, -0.1) is 24.8 Å². The van der Waals surface area contributed by atoms with Crippen molar-refractivity contribution in [3.63, 3.8) is 0 Å². The summed E-state index contributed by atoms with van der Waals surface area (Å²) >= 11 is 0. The first-order valence-electron chi connectivity index (χ1n) is 4.39. The number of amides is 1. The van der Waals surface area contributed by atoms with Crippen molar-refractivity contribution in [2.45, 2.75) is 6.42 Å².